The molecule has 3 rings (SSSR count). The molecule has 0 aliphatic heterocycles. The van der Waals surface area contributed by atoms with Crippen molar-refractivity contribution in [2.75, 3.05) is 25.1 Å². The number of methoxy groups -OCH3 is 2. The van der Waals surface area contributed by atoms with Crippen molar-refractivity contribution >= 4 is 21.6 Å². The molecule has 1 amide bonds. The number of nitrogens with one attached hydrogen (secondary N) is 1. The quantitative estimate of drug-likeness (QED) is 0.490. The average molecular weight is 487 g/mol. The summed E-state index contributed by atoms with van der Waals surface area (Å²) in [6.07, 6.45) is 0. The normalized spacial score (nSPS) is 12.0. The van der Waals surface area contributed by atoms with Gasteiger partial charge in [-0.25, -0.2) is 12.8 Å². The van der Waals surface area contributed by atoms with Crippen LogP contribution < -0.4 is 19.1 Å². The molecule has 3 aromatic carbocycles. The van der Waals surface area contributed by atoms with Crippen LogP contribution in [0.4, 0.5) is 10.1 Å². The average Bonchev–Trinajstić information content (AvgIpc) is 2.82. The topological polar surface area (TPSA) is 84.9 Å². The maximum Gasteiger partial charge on any atom is 0.264 e. The summed E-state index contributed by atoms with van der Waals surface area (Å²) in [5.41, 5.74) is 1.83. The standard InChI is InChI=1S/C25H27FN2O5S/c1-17-5-12-22(13-6-17)34(30,31)28(21-11-14-23(32-3)24(15-21)33-4)16-25(29)27-18(2)19-7-9-20(26)10-8-19/h5-15,18H,16H2,1-4H3,(H,27,29)/t18-/m1/s1. The summed E-state index contributed by atoms with van der Waals surface area (Å²) in [7, 11) is -1.17. The van der Waals surface area contributed by atoms with Gasteiger partial charge >= 0.3 is 0 Å². The first kappa shape index (κ1) is 25.0. The van der Waals surface area contributed by atoms with Crippen molar-refractivity contribution in [2.45, 2.75) is 24.8 Å². The number of halogens is 1. The van der Waals surface area contributed by atoms with Crippen LogP contribution in [0.2, 0.25) is 0 Å². The van der Waals surface area contributed by atoms with Crippen molar-refractivity contribution in [3.8, 4) is 11.5 Å². The zero-order valence-corrected chi connectivity index (χ0v) is 20.2. The largest absolute Gasteiger partial charge is 0.493 e. The highest BCUT2D eigenvalue weighted by atomic mass is 32.2. The van der Waals surface area contributed by atoms with Crippen molar-refractivity contribution in [1.82, 2.24) is 5.32 Å². The highest BCUT2D eigenvalue weighted by Gasteiger charge is 2.28. The number of aryl methyl sites for hydroxylation is 1. The summed E-state index contributed by atoms with van der Waals surface area (Å²) in [6, 6.07) is 16.3. The van der Waals surface area contributed by atoms with Crippen LogP contribution in [0.25, 0.3) is 0 Å². The van der Waals surface area contributed by atoms with E-state index in [9.17, 15) is 17.6 Å². The lowest BCUT2D eigenvalue weighted by Crippen LogP contribution is -2.41. The Kier molecular flexibility index (Phi) is 7.78. The number of benzene rings is 3. The van der Waals surface area contributed by atoms with E-state index in [1.165, 1.54) is 44.6 Å². The molecular formula is C25H27FN2O5S. The second-order valence-corrected chi connectivity index (χ2v) is 9.57. The zero-order chi connectivity index (χ0) is 24.9. The molecular weight excluding hydrogens is 459 g/mol. The second kappa shape index (κ2) is 10.6. The lowest BCUT2D eigenvalue weighted by Gasteiger charge is -2.26. The number of amides is 1. The van der Waals surface area contributed by atoms with Crippen molar-refractivity contribution in [1.29, 1.82) is 0 Å². The summed E-state index contributed by atoms with van der Waals surface area (Å²) in [5.74, 6) is -0.161. The minimum Gasteiger partial charge on any atom is -0.493 e. The smallest absolute Gasteiger partial charge is 0.264 e. The van der Waals surface area contributed by atoms with Gasteiger partial charge in [-0.2, -0.15) is 0 Å². The van der Waals surface area contributed by atoms with Crippen LogP contribution >= 0.6 is 0 Å². The Morgan fingerprint density at radius 2 is 1.59 bits per heavy atom. The Hall–Kier alpha value is -3.59. The Morgan fingerprint density at radius 3 is 2.18 bits per heavy atom. The fourth-order valence-electron chi connectivity index (χ4n) is 3.38. The predicted octanol–water partition coefficient (Wildman–Crippen LogP) is 4.22. The first-order valence-electron chi connectivity index (χ1n) is 10.5. The number of carbonyl (C=O) groups is 1. The molecule has 0 bridgehead atoms. The fourth-order valence-corrected chi connectivity index (χ4v) is 4.80. The summed E-state index contributed by atoms with van der Waals surface area (Å²) in [6.45, 7) is 3.12. The molecule has 9 heteroatoms. The number of hydrogen-bond acceptors (Lipinski definition) is 5. The molecule has 0 heterocycles. The Morgan fingerprint density at radius 1 is 0.971 bits per heavy atom. The van der Waals surface area contributed by atoms with Gasteiger partial charge in [0.25, 0.3) is 10.0 Å². The van der Waals surface area contributed by atoms with E-state index >= 15 is 0 Å². The molecule has 7 nitrogen and oxygen atoms in total. The van der Waals surface area contributed by atoms with Crippen LogP contribution in [-0.2, 0) is 14.8 Å². The van der Waals surface area contributed by atoms with E-state index in [1.54, 1.807) is 43.3 Å². The molecule has 0 saturated carbocycles. The van der Waals surface area contributed by atoms with Gasteiger partial charge in [-0.1, -0.05) is 29.8 Å². The van der Waals surface area contributed by atoms with Gasteiger partial charge in [0.1, 0.15) is 12.4 Å². The Labute approximate surface area is 199 Å². The van der Waals surface area contributed by atoms with E-state index in [0.717, 1.165) is 9.87 Å². The predicted molar refractivity (Wildman–Crippen MR) is 128 cm³/mol. The number of ether oxygens (including phenoxy) is 2. The van der Waals surface area contributed by atoms with Crippen LogP contribution in [0.15, 0.2) is 71.6 Å². The summed E-state index contributed by atoms with van der Waals surface area (Å²) in [5, 5.41) is 2.78. The molecule has 1 atom stereocenters. The van der Waals surface area contributed by atoms with Crippen molar-refractivity contribution in [3.63, 3.8) is 0 Å². The van der Waals surface area contributed by atoms with Crippen LogP contribution in [-0.4, -0.2) is 35.1 Å². The molecule has 0 fully saturated rings. The maximum absolute atomic E-state index is 13.6. The molecule has 0 saturated heterocycles. The van der Waals surface area contributed by atoms with Crippen LogP contribution in [0, 0.1) is 12.7 Å². The molecule has 0 spiro atoms. The molecule has 0 radical (unpaired) electrons. The van der Waals surface area contributed by atoms with Crippen molar-refractivity contribution in [2.24, 2.45) is 0 Å². The van der Waals surface area contributed by atoms with Gasteiger partial charge in [0.05, 0.1) is 30.8 Å². The zero-order valence-electron chi connectivity index (χ0n) is 19.4. The van der Waals surface area contributed by atoms with E-state index in [0.29, 0.717) is 17.1 Å². The van der Waals surface area contributed by atoms with Gasteiger partial charge in [-0.15, -0.1) is 0 Å². The van der Waals surface area contributed by atoms with Crippen molar-refractivity contribution < 1.29 is 27.1 Å². The van der Waals surface area contributed by atoms with Crippen molar-refractivity contribution in [3.05, 3.63) is 83.7 Å². The Bertz CT molecular complexity index is 1250. The van der Waals surface area contributed by atoms with Gasteiger partial charge < -0.3 is 14.8 Å². The Balaban J connectivity index is 1.95. The monoisotopic (exact) mass is 486 g/mol. The number of rotatable bonds is 9. The third-order valence-corrected chi connectivity index (χ3v) is 7.09. The number of hydrogen-bond donors (Lipinski definition) is 1. The maximum atomic E-state index is 13.6. The van der Waals surface area contributed by atoms with Gasteiger partial charge in [0.2, 0.25) is 5.91 Å². The van der Waals surface area contributed by atoms with Gasteiger partial charge in [-0.3, -0.25) is 9.10 Å². The summed E-state index contributed by atoms with van der Waals surface area (Å²) < 4.78 is 51.9. The fraction of sp³-hybridized carbons (Fsp3) is 0.240. The van der Waals surface area contributed by atoms with Gasteiger partial charge in [-0.05, 0) is 55.8 Å². The molecule has 0 unspecified atom stereocenters. The lowest BCUT2D eigenvalue weighted by molar-refractivity contribution is -0.120. The number of carbonyl (C=O) groups excluding carboxylic acids is 1. The van der Waals surface area contributed by atoms with Crippen LogP contribution in [0.3, 0.4) is 0 Å². The van der Waals surface area contributed by atoms with Gasteiger partial charge in [0, 0.05) is 6.07 Å². The van der Waals surface area contributed by atoms with Gasteiger partial charge in [0.15, 0.2) is 11.5 Å². The number of anilines is 1. The molecule has 1 N–H and O–H groups in total. The highest BCUT2D eigenvalue weighted by Crippen LogP contribution is 2.33. The second-order valence-electron chi connectivity index (χ2n) is 7.70. The number of nitrogens with zero attached hydrogens (tertiary/aromatic N) is 1. The highest BCUT2D eigenvalue weighted by molar-refractivity contribution is 7.92. The van der Waals surface area contributed by atoms with Crippen LogP contribution in [0.5, 0.6) is 11.5 Å². The summed E-state index contributed by atoms with van der Waals surface area (Å²) in [4.78, 5) is 13.0. The molecule has 180 valence electrons. The van der Waals surface area contributed by atoms with E-state index in [-0.39, 0.29) is 16.4 Å². The van der Waals surface area contributed by atoms with E-state index in [4.69, 9.17) is 9.47 Å². The molecule has 0 aliphatic carbocycles. The SMILES string of the molecule is COc1ccc(N(CC(=O)N[C@H](C)c2ccc(F)cc2)S(=O)(=O)c2ccc(C)cc2)cc1OC. The first-order valence-corrected chi connectivity index (χ1v) is 12.0. The van der Waals surface area contributed by atoms with E-state index < -0.39 is 28.5 Å². The van der Waals surface area contributed by atoms with Crippen LogP contribution in [0.1, 0.15) is 24.1 Å². The summed E-state index contributed by atoms with van der Waals surface area (Å²) >= 11 is 0. The molecule has 0 aliphatic rings. The number of sulfonamides is 1. The lowest BCUT2D eigenvalue weighted by atomic mass is 10.1. The third kappa shape index (κ3) is 5.66. The van der Waals surface area contributed by atoms with E-state index in [1.807, 2.05) is 6.92 Å². The molecule has 0 aromatic heterocycles. The third-order valence-electron chi connectivity index (χ3n) is 5.30. The minimum atomic E-state index is -4.09. The minimum absolute atomic E-state index is 0.0484. The first-order chi connectivity index (χ1) is 16.1. The molecule has 34 heavy (non-hydrogen) atoms. The molecule has 3 aromatic rings. The van der Waals surface area contributed by atoms with E-state index in [2.05, 4.69) is 5.32 Å².